The van der Waals surface area contributed by atoms with E-state index in [-0.39, 0.29) is 0 Å². The number of benzene rings is 6. The van der Waals surface area contributed by atoms with Crippen LogP contribution in [0.1, 0.15) is 0 Å². The number of H-pyrrole nitrogens is 2. The number of aromatic amines is 2. The van der Waals surface area contributed by atoms with Crippen LogP contribution < -0.4 is 0 Å². The predicted molar refractivity (Wildman–Crippen MR) is 211 cm³/mol. The minimum absolute atomic E-state index is 0.650. The zero-order valence-electron chi connectivity index (χ0n) is 27.8. The fourth-order valence-electron chi connectivity index (χ4n) is 7.89. The lowest BCUT2D eigenvalue weighted by atomic mass is 9.96. The molecule has 0 amide bonds. The molecule has 52 heavy (non-hydrogen) atoms. The number of fused-ring (bicyclic) bond motifs is 20. The Morgan fingerprint density at radius 1 is 0.308 bits per heavy atom. The maximum atomic E-state index is 5.40. The molecular weight excluding hydrogens is 637 g/mol. The van der Waals surface area contributed by atoms with Gasteiger partial charge in [-0.25, -0.2) is 19.9 Å². The van der Waals surface area contributed by atoms with Gasteiger partial charge in [0.1, 0.15) is 11.3 Å². The molecule has 3 aromatic heterocycles. The molecule has 8 bridgehead atoms. The van der Waals surface area contributed by atoms with Crippen molar-refractivity contribution in [1.82, 2.24) is 29.9 Å². The first kappa shape index (κ1) is 28.6. The van der Waals surface area contributed by atoms with E-state index in [0.29, 0.717) is 22.9 Å². The Kier molecular flexibility index (Phi) is 6.15. The highest BCUT2D eigenvalue weighted by atomic mass is 15.0. The summed E-state index contributed by atoms with van der Waals surface area (Å²) < 4.78 is 0. The van der Waals surface area contributed by atoms with E-state index >= 15 is 0 Å². The van der Waals surface area contributed by atoms with E-state index in [4.69, 9.17) is 19.9 Å². The molecular formula is C46H28N6. The molecule has 2 aliphatic rings. The summed E-state index contributed by atoms with van der Waals surface area (Å²) in [4.78, 5) is 28.9. The van der Waals surface area contributed by atoms with Crippen LogP contribution in [0.4, 0.5) is 0 Å². The van der Waals surface area contributed by atoms with Gasteiger partial charge in [0.05, 0.1) is 22.4 Å². The van der Waals surface area contributed by atoms with E-state index in [1.165, 1.54) is 0 Å². The molecule has 0 radical (unpaired) electrons. The second-order valence-electron chi connectivity index (χ2n) is 13.2. The van der Waals surface area contributed by atoms with Crippen LogP contribution in [0.25, 0.3) is 111 Å². The standard InChI is InChI=1S/C46H28N6/c1-3-15-27(16-4-1)37-39-29-19-7-8-20-30(29)40(47-39)38(28-17-5-2-6-18-28)42-32-22-10-12-24-34(32)44(49-42)51-46-36-26-14-13-25-35(36)45(52-46)50-43-33-23-11-9-21-31(33)41(37)48-43/h1-26,47H,(H,48,49,50,51,52). The molecule has 9 aromatic rings. The largest absolute Gasteiger partial charge is 0.353 e. The number of nitrogens with zero attached hydrogens (tertiary/aromatic N) is 4. The van der Waals surface area contributed by atoms with Crippen LogP contribution in [0.5, 0.6) is 0 Å². The molecule has 0 aliphatic carbocycles. The van der Waals surface area contributed by atoms with Gasteiger partial charge >= 0.3 is 0 Å². The summed E-state index contributed by atoms with van der Waals surface area (Å²) in [5.74, 6) is 1.30. The normalized spacial score (nSPS) is 11.8. The molecule has 2 aliphatic heterocycles. The van der Waals surface area contributed by atoms with Gasteiger partial charge < -0.3 is 9.97 Å². The van der Waals surface area contributed by atoms with Gasteiger partial charge in [-0.15, -0.1) is 0 Å². The smallest absolute Gasteiger partial charge is 0.162 e. The van der Waals surface area contributed by atoms with Crippen molar-refractivity contribution in [2.75, 3.05) is 0 Å². The number of rotatable bonds is 2. The summed E-state index contributed by atoms with van der Waals surface area (Å²) >= 11 is 0. The molecule has 6 aromatic carbocycles. The van der Waals surface area contributed by atoms with E-state index in [9.17, 15) is 0 Å². The topological polar surface area (TPSA) is 83.1 Å². The number of hydrogen-bond donors (Lipinski definition) is 2. The number of hydrogen-bond acceptors (Lipinski definition) is 4. The van der Waals surface area contributed by atoms with Gasteiger partial charge in [-0.05, 0) is 11.1 Å². The Morgan fingerprint density at radius 2 is 0.673 bits per heavy atom. The number of aromatic nitrogens is 6. The lowest BCUT2D eigenvalue weighted by molar-refractivity contribution is 1.24. The molecule has 0 saturated heterocycles. The first-order valence-electron chi connectivity index (χ1n) is 17.4. The van der Waals surface area contributed by atoms with Crippen LogP contribution in [0.2, 0.25) is 0 Å². The monoisotopic (exact) mass is 664 g/mol. The van der Waals surface area contributed by atoms with E-state index in [1.54, 1.807) is 0 Å². The van der Waals surface area contributed by atoms with Crippen molar-refractivity contribution >= 4 is 43.9 Å². The van der Waals surface area contributed by atoms with Gasteiger partial charge in [-0.1, -0.05) is 158 Å². The van der Waals surface area contributed by atoms with E-state index < -0.39 is 0 Å². The summed E-state index contributed by atoms with van der Waals surface area (Å²) in [6.07, 6.45) is 0. The Labute approximate surface area is 298 Å². The highest BCUT2D eigenvalue weighted by molar-refractivity contribution is 6.18. The molecule has 242 valence electrons. The first-order valence-corrected chi connectivity index (χ1v) is 17.4. The molecule has 0 unspecified atom stereocenters. The quantitative estimate of drug-likeness (QED) is 0.193. The molecule has 6 heteroatoms. The second kappa shape index (κ2) is 11.2. The predicted octanol–water partition coefficient (Wildman–Crippen LogP) is 11.4. The van der Waals surface area contributed by atoms with Crippen molar-refractivity contribution in [3.05, 3.63) is 158 Å². The Hall–Kier alpha value is -7.18. The average molecular weight is 665 g/mol. The molecule has 0 spiro atoms. The lowest BCUT2D eigenvalue weighted by Gasteiger charge is -2.08. The highest BCUT2D eigenvalue weighted by Crippen LogP contribution is 2.46. The minimum Gasteiger partial charge on any atom is -0.353 e. The van der Waals surface area contributed by atoms with Crippen LogP contribution >= 0.6 is 0 Å². The van der Waals surface area contributed by atoms with Gasteiger partial charge in [-0.3, -0.25) is 0 Å². The summed E-state index contributed by atoms with van der Waals surface area (Å²) in [6, 6.07) is 54.7. The van der Waals surface area contributed by atoms with Crippen molar-refractivity contribution in [1.29, 1.82) is 0 Å². The van der Waals surface area contributed by atoms with E-state index in [0.717, 1.165) is 88.5 Å². The van der Waals surface area contributed by atoms with Crippen molar-refractivity contribution < 1.29 is 0 Å². The fraction of sp³-hybridized carbons (Fsp3) is 0. The summed E-state index contributed by atoms with van der Waals surface area (Å²) in [5, 5.41) is 4.14. The van der Waals surface area contributed by atoms with E-state index in [2.05, 4.69) is 156 Å². The van der Waals surface area contributed by atoms with Crippen LogP contribution in [0.3, 0.4) is 0 Å². The van der Waals surface area contributed by atoms with Crippen molar-refractivity contribution in [3.8, 4) is 67.5 Å². The maximum Gasteiger partial charge on any atom is 0.162 e. The van der Waals surface area contributed by atoms with Crippen molar-refractivity contribution in [2.45, 2.75) is 0 Å². The van der Waals surface area contributed by atoms with E-state index in [1.807, 2.05) is 12.1 Å². The summed E-state index contributed by atoms with van der Waals surface area (Å²) in [6.45, 7) is 0. The first-order chi connectivity index (χ1) is 25.8. The highest BCUT2D eigenvalue weighted by Gasteiger charge is 2.26. The Bertz CT molecular complexity index is 2860. The third-order valence-corrected chi connectivity index (χ3v) is 10.2. The van der Waals surface area contributed by atoms with Crippen molar-refractivity contribution in [3.63, 3.8) is 0 Å². The summed E-state index contributed by atoms with van der Waals surface area (Å²) in [7, 11) is 0. The van der Waals surface area contributed by atoms with Crippen molar-refractivity contribution in [2.24, 2.45) is 0 Å². The Morgan fingerprint density at radius 3 is 1.12 bits per heavy atom. The molecule has 0 saturated carbocycles. The van der Waals surface area contributed by atoms with Gasteiger partial charge in [0.25, 0.3) is 0 Å². The maximum absolute atomic E-state index is 5.40. The molecule has 2 N–H and O–H groups in total. The third-order valence-electron chi connectivity index (χ3n) is 10.2. The fourth-order valence-corrected chi connectivity index (χ4v) is 7.89. The summed E-state index contributed by atoms with van der Waals surface area (Å²) in [5.41, 5.74) is 13.3. The average Bonchev–Trinajstić information content (AvgIpc) is 3.96. The molecule has 0 atom stereocenters. The third kappa shape index (κ3) is 4.25. The molecule has 6 nitrogen and oxygen atoms in total. The SMILES string of the molecule is c1ccc(-c2c3nc(nc4[nH]c(nc5nc(c(-c6ccccc6)c6[nH]c2c2ccccc62)-c2ccccc2-5)c2ccccc42)-c2ccccc2-3)cc1. The van der Waals surface area contributed by atoms with Crippen LogP contribution in [-0.2, 0) is 0 Å². The van der Waals surface area contributed by atoms with Gasteiger partial charge in [-0.2, -0.15) is 0 Å². The molecule has 0 fully saturated rings. The Balaban J connectivity index is 1.45. The van der Waals surface area contributed by atoms with Gasteiger partial charge in [0.2, 0.25) is 0 Å². The second-order valence-corrected chi connectivity index (χ2v) is 13.2. The lowest BCUT2D eigenvalue weighted by Crippen LogP contribution is -1.87. The minimum atomic E-state index is 0.650. The zero-order valence-corrected chi connectivity index (χ0v) is 27.8. The van der Waals surface area contributed by atoms with Crippen LogP contribution in [0.15, 0.2) is 158 Å². The van der Waals surface area contributed by atoms with Crippen LogP contribution in [-0.4, -0.2) is 29.9 Å². The molecule has 11 rings (SSSR count). The van der Waals surface area contributed by atoms with Crippen LogP contribution in [0, 0.1) is 0 Å². The van der Waals surface area contributed by atoms with Gasteiger partial charge in [0, 0.05) is 54.9 Å². The zero-order chi connectivity index (χ0) is 34.2. The number of nitrogens with one attached hydrogen (secondary N) is 2. The van der Waals surface area contributed by atoms with Gasteiger partial charge in [0.15, 0.2) is 11.6 Å². The molecule has 5 heterocycles.